The van der Waals surface area contributed by atoms with Crippen LogP contribution in [0.15, 0.2) is 30.3 Å². The third-order valence-electron chi connectivity index (χ3n) is 6.42. The Bertz CT molecular complexity index is 1490. The first-order valence-corrected chi connectivity index (χ1v) is 13.4. The van der Waals surface area contributed by atoms with Crippen LogP contribution in [0.25, 0.3) is 10.9 Å². The van der Waals surface area contributed by atoms with E-state index in [1.807, 2.05) is 0 Å². The van der Waals surface area contributed by atoms with Crippen LogP contribution < -0.4 is 5.32 Å². The fourth-order valence-electron chi connectivity index (χ4n) is 4.86. The second-order valence-electron chi connectivity index (χ2n) is 10.6. The predicted octanol–water partition coefficient (Wildman–Crippen LogP) is 7.01. The minimum Gasteiger partial charge on any atom is -0.465 e. The maximum Gasteiger partial charge on any atom is 0.433 e. The van der Waals surface area contributed by atoms with Gasteiger partial charge >= 0.3 is 18.2 Å². The highest BCUT2D eigenvalue weighted by Gasteiger charge is 2.46. The largest absolute Gasteiger partial charge is 0.465 e. The first kappa shape index (κ1) is 30.7. The number of nitrogens with one attached hydrogen (secondary N) is 1. The van der Waals surface area contributed by atoms with E-state index in [9.17, 15) is 22.8 Å². The number of likely N-dealkylation sites (tertiary alicyclic amines) is 1. The molecule has 1 aliphatic rings. The molecule has 0 saturated carbocycles. The molecule has 1 fully saturated rings. The highest BCUT2D eigenvalue weighted by atomic mass is 35.5. The molecule has 0 spiro atoms. The van der Waals surface area contributed by atoms with Crippen molar-refractivity contribution in [3.05, 3.63) is 57.5 Å². The molecule has 222 valence electrons. The summed E-state index contributed by atoms with van der Waals surface area (Å²) in [5.74, 6) is -1.56. The lowest BCUT2D eigenvalue weighted by Crippen LogP contribution is -2.42. The lowest BCUT2D eigenvalue weighted by Gasteiger charge is -2.34. The Labute approximate surface area is 243 Å². The van der Waals surface area contributed by atoms with E-state index in [2.05, 4.69) is 10.4 Å². The average molecular weight is 619 g/mol. The fraction of sp³-hybridized carbons (Fsp3) is 0.444. The number of halogens is 6. The molecule has 1 atom stereocenters. The molecule has 1 saturated heterocycles. The lowest BCUT2D eigenvalue weighted by atomic mass is 9.87. The predicted molar refractivity (Wildman–Crippen MR) is 146 cm³/mol. The number of ether oxygens (including phenoxy) is 2. The van der Waals surface area contributed by atoms with Crippen molar-refractivity contribution in [2.75, 3.05) is 25.0 Å². The van der Waals surface area contributed by atoms with E-state index in [0.717, 1.165) is 6.07 Å². The molecule has 2 heterocycles. The zero-order valence-electron chi connectivity index (χ0n) is 22.7. The SMILES string of the molecule is CCOC(=O)Cn1nc2cc(NC3(c4c(F)ccc(Cl)c4Cl)CCN(C(=O)OC(C)(C)C)C3)ccc2c1C(F)(F)F. The summed E-state index contributed by atoms with van der Waals surface area (Å²) in [6.07, 6.45) is -5.26. The zero-order valence-corrected chi connectivity index (χ0v) is 24.2. The molecule has 1 aliphatic heterocycles. The van der Waals surface area contributed by atoms with Crippen molar-refractivity contribution in [3.63, 3.8) is 0 Å². The Balaban J connectivity index is 1.78. The first-order valence-electron chi connectivity index (χ1n) is 12.7. The van der Waals surface area contributed by atoms with Crippen LogP contribution in [-0.2, 0) is 32.5 Å². The maximum absolute atomic E-state index is 15.4. The van der Waals surface area contributed by atoms with E-state index in [1.165, 1.54) is 36.1 Å². The van der Waals surface area contributed by atoms with Crippen molar-refractivity contribution >= 4 is 51.9 Å². The van der Waals surface area contributed by atoms with Crippen LogP contribution in [0.5, 0.6) is 0 Å². The van der Waals surface area contributed by atoms with Gasteiger partial charge in [-0.15, -0.1) is 0 Å². The molecule has 41 heavy (non-hydrogen) atoms. The van der Waals surface area contributed by atoms with Crippen LogP contribution in [0.1, 0.15) is 45.4 Å². The van der Waals surface area contributed by atoms with Gasteiger partial charge in [-0.1, -0.05) is 23.2 Å². The average Bonchev–Trinajstić information content (AvgIpc) is 3.42. The minimum atomic E-state index is -4.81. The lowest BCUT2D eigenvalue weighted by molar-refractivity contribution is -0.148. The summed E-state index contributed by atoms with van der Waals surface area (Å²) < 4.78 is 68.1. The summed E-state index contributed by atoms with van der Waals surface area (Å²) in [6.45, 7) is 6.03. The van der Waals surface area contributed by atoms with Gasteiger partial charge in [-0.3, -0.25) is 4.79 Å². The van der Waals surface area contributed by atoms with Crippen LogP contribution in [0.4, 0.5) is 28.0 Å². The zero-order chi connectivity index (χ0) is 30.3. The molecule has 14 heteroatoms. The molecule has 0 radical (unpaired) electrons. The number of hydrogen-bond acceptors (Lipinski definition) is 6. The summed E-state index contributed by atoms with van der Waals surface area (Å²) in [5.41, 5.74) is -3.01. The van der Waals surface area contributed by atoms with Crippen molar-refractivity contribution < 1.29 is 36.6 Å². The second-order valence-corrected chi connectivity index (χ2v) is 11.4. The highest BCUT2D eigenvalue weighted by molar-refractivity contribution is 6.42. The molecule has 1 aromatic heterocycles. The minimum absolute atomic E-state index is 0.0000581. The number of carbonyl (C=O) groups excluding carboxylic acids is 2. The molecule has 1 N–H and O–H groups in total. The van der Waals surface area contributed by atoms with Gasteiger partial charge in [0.15, 0.2) is 5.69 Å². The van der Waals surface area contributed by atoms with E-state index < -0.39 is 47.4 Å². The number of aromatic nitrogens is 2. The number of hydrogen-bond donors (Lipinski definition) is 1. The van der Waals surface area contributed by atoms with Crippen LogP contribution in [-0.4, -0.2) is 52.0 Å². The Kier molecular flexibility index (Phi) is 8.39. The standard InChI is InChI=1S/C27H28Cl2F4N4O4/c1-5-40-20(38)13-37-23(27(31,32)33)16-7-6-15(12-19(16)35-37)34-26(21-18(30)9-8-17(28)22(21)29)10-11-36(14-26)24(39)41-25(2,3)4/h6-9,12,34H,5,10-11,13-14H2,1-4H3. The van der Waals surface area contributed by atoms with Crippen molar-refractivity contribution in [2.45, 2.75) is 58.0 Å². The molecular weight excluding hydrogens is 591 g/mol. The van der Waals surface area contributed by atoms with Crippen molar-refractivity contribution in [3.8, 4) is 0 Å². The number of esters is 1. The summed E-state index contributed by atoms with van der Waals surface area (Å²) in [7, 11) is 0. The van der Waals surface area contributed by atoms with Crippen LogP contribution in [0.3, 0.4) is 0 Å². The van der Waals surface area contributed by atoms with Crippen molar-refractivity contribution in [1.82, 2.24) is 14.7 Å². The summed E-state index contributed by atoms with van der Waals surface area (Å²) in [4.78, 5) is 26.2. The van der Waals surface area contributed by atoms with Gasteiger partial charge in [-0.05, 0) is 64.4 Å². The quantitative estimate of drug-likeness (QED) is 0.182. The monoisotopic (exact) mass is 618 g/mol. The van der Waals surface area contributed by atoms with Gasteiger partial charge in [0.1, 0.15) is 18.0 Å². The van der Waals surface area contributed by atoms with E-state index in [1.54, 1.807) is 20.8 Å². The number of anilines is 1. The Morgan fingerprint density at radius 1 is 1.15 bits per heavy atom. The van der Waals surface area contributed by atoms with Gasteiger partial charge in [0.05, 0.1) is 34.3 Å². The summed E-state index contributed by atoms with van der Waals surface area (Å²) in [5, 5.41) is 6.99. The van der Waals surface area contributed by atoms with Crippen molar-refractivity contribution in [2.24, 2.45) is 0 Å². The normalized spacial score (nSPS) is 17.7. The van der Waals surface area contributed by atoms with Crippen molar-refractivity contribution in [1.29, 1.82) is 0 Å². The molecule has 8 nitrogen and oxygen atoms in total. The number of benzene rings is 2. The highest BCUT2D eigenvalue weighted by Crippen LogP contribution is 2.44. The number of alkyl halides is 3. The number of carbonyl (C=O) groups is 2. The molecule has 1 amide bonds. The Hall–Kier alpha value is -3.25. The molecule has 1 unspecified atom stereocenters. The van der Waals surface area contributed by atoms with Gasteiger partial charge in [0.2, 0.25) is 0 Å². The summed E-state index contributed by atoms with van der Waals surface area (Å²) in [6, 6.07) is 6.39. The summed E-state index contributed by atoms with van der Waals surface area (Å²) >= 11 is 12.7. The van der Waals surface area contributed by atoms with E-state index >= 15 is 4.39 Å². The van der Waals surface area contributed by atoms with Gasteiger partial charge in [0, 0.05) is 23.2 Å². The molecule has 0 bridgehead atoms. The van der Waals surface area contributed by atoms with Gasteiger partial charge in [0.25, 0.3) is 0 Å². The van der Waals surface area contributed by atoms with Crippen LogP contribution in [0.2, 0.25) is 10.0 Å². The molecular formula is C27H28Cl2F4N4O4. The van der Waals surface area contributed by atoms with Crippen LogP contribution >= 0.6 is 23.2 Å². The molecule has 0 aliphatic carbocycles. The Morgan fingerprint density at radius 2 is 1.85 bits per heavy atom. The van der Waals surface area contributed by atoms with Crippen LogP contribution in [0, 0.1) is 5.82 Å². The molecule has 4 rings (SSSR count). The number of rotatable bonds is 6. The number of amides is 1. The molecule has 2 aromatic carbocycles. The maximum atomic E-state index is 15.4. The van der Waals surface area contributed by atoms with E-state index in [0.29, 0.717) is 4.68 Å². The number of fused-ring (bicyclic) bond motifs is 1. The Morgan fingerprint density at radius 3 is 2.49 bits per heavy atom. The third-order valence-corrected chi connectivity index (χ3v) is 7.22. The topological polar surface area (TPSA) is 85.7 Å². The van der Waals surface area contributed by atoms with E-state index in [4.69, 9.17) is 32.7 Å². The smallest absolute Gasteiger partial charge is 0.433 e. The molecule has 3 aromatic rings. The number of nitrogens with zero attached hydrogens (tertiary/aromatic N) is 3. The second kappa shape index (κ2) is 11.2. The van der Waals surface area contributed by atoms with Gasteiger partial charge in [-0.25, -0.2) is 13.9 Å². The van der Waals surface area contributed by atoms with Gasteiger partial charge in [-0.2, -0.15) is 18.3 Å². The fourth-order valence-corrected chi connectivity index (χ4v) is 5.35. The van der Waals surface area contributed by atoms with Gasteiger partial charge < -0.3 is 19.7 Å². The first-order chi connectivity index (χ1) is 19.0. The van der Waals surface area contributed by atoms with E-state index in [-0.39, 0.29) is 58.3 Å². The third kappa shape index (κ3) is 6.48.